The molecule has 29 heavy (non-hydrogen) atoms. The lowest BCUT2D eigenvalue weighted by molar-refractivity contribution is -0.262. The molecule has 0 radical (unpaired) electrons. The Hall–Kier alpha value is -2.28. The fourth-order valence-corrected chi connectivity index (χ4v) is 2.80. The van der Waals surface area contributed by atoms with Crippen LogP contribution in [-0.4, -0.2) is 89.4 Å². The van der Waals surface area contributed by atoms with Crippen LogP contribution in [0.15, 0.2) is 30.3 Å². The Balaban J connectivity index is 1.93. The molecular formula is C18H26N2O9. The summed E-state index contributed by atoms with van der Waals surface area (Å²) in [7, 11) is 1.26. The zero-order chi connectivity index (χ0) is 21.4. The number of aliphatic hydroxyl groups excluding tert-OH is 4. The molecule has 2 amide bonds. The number of amides is 2. The number of benzene rings is 1. The molecule has 11 heteroatoms. The molecule has 1 saturated heterocycles. The van der Waals surface area contributed by atoms with E-state index in [9.17, 15) is 30.0 Å². The highest BCUT2D eigenvalue weighted by Gasteiger charge is 2.45. The van der Waals surface area contributed by atoms with Gasteiger partial charge < -0.3 is 45.3 Å². The van der Waals surface area contributed by atoms with Gasteiger partial charge in [-0.15, -0.1) is 0 Å². The number of methoxy groups -OCH3 is 1. The van der Waals surface area contributed by atoms with Crippen molar-refractivity contribution in [3.8, 4) is 0 Å². The van der Waals surface area contributed by atoms with Crippen LogP contribution in [0.1, 0.15) is 5.56 Å². The molecule has 0 saturated carbocycles. The number of hydrogen-bond donors (Lipinski definition) is 6. The molecule has 6 N–H and O–H groups in total. The first-order chi connectivity index (χ1) is 13.9. The number of nitrogens with one attached hydrogen (secondary N) is 2. The fourth-order valence-electron chi connectivity index (χ4n) is 2.80. The Morgan fingerprint density at radius 3 is 2.45 bits per heavy atom. The third kappa shape index (κ3) is 6.10. The lowest BCUT2D eigenvalue weighted by Gasteiger charge is -2.42. The third-order valence-corrected chi connectivity index (χ3v) is 4.43. The van der Waals surface area contributed by atoms with Crippen LogP contribution in [0.5, 0.6) is 0 Å². The molecule has 11 nitrogen and oxygen atoms in total. The summed E-state index contributed by atoms with van der Waals surface area (Å²) in [5.41, 5.74) is 0.741. The van der Waals surface area contributed by atoms with Crippen LogP contribution in [0, 0.1) is 0 Å². The van der Waals surface area contributed by atoms with E-state index in [1.165, 1.54) is 7.11 Å². The van der Waals surface area contributed by atoms with E-state index in [1.807, 2.05) is 6.07 Å². The van der Waals surface area contributed by atoms with Gasteiger partial charge in [-0.25, -0.2) is 4.79 Å². The quantitative estimate of drug-likeness (QED) is 0.278. The summed E-state index contributed by atoms with van der Waals surface area (Å²) in [6.07, 6.45) is -6.18. The molecule has 1 aliphatic rings. The number of carbonyl (C=O) groups excluding carboxylic acids is 2. The molecule has 1 aromatic rings. The first kappa shape index (κ1) is 23.0. The van der Waals surface area contributed by atoms with E-state index >= 15 is 0 Å². The van der Waals surface area contributed by atoms with Crippen molar-refractivity contribution in [2.45, 2.75) is 43.3 Å². The summed E-state index contributed by atoms with van der Waals surface area (Å²) in [4.78, 5) is 24.3. The molecule has 0 aliphatic carbocycles. The molecule has 0 aromatic heterocycles. The Morgan fingerprint density at radius 2 is 1.86 bits per heavy atom. The molecule has 1 heterocycles. The summed E-state index contributed by atoms with van der Waals surface area (Å²) in [5, 5.41) is 43.4. The molecule has 0 spiro atoms. The van der Waals surface area contributed by atoms with Gasteiger partial charge in [-0.3, -0.25) is 4.79 Å². The van der Waals surface area contributed by atoms with Gasteiger partial charge in [-0.05, 0) is 5.56 Å². The second kappa shape index (κ2) is 11.0. The highest BCUT2D eigenvalue weighted by atomic mass is 16.7. The second-order valence-electron chi connectivity index (χ2n) is 6.42. The SMILES string of the molecule is CO[C@H]1O[C@H](CO)[C@@H](O)[C@H](O)[C@H]1NC(=O)[C@H](CO)NC(=O)OCc1ccccc1. The van der Waals surface area contributed by atoms with Gasteiger partial charge in [-0.1, -0.05) is 30.3 Å². The maximum Gasteiger partial charge on any atom is 0.408 e. The van der Waals surface area contributed by atoms with Crippen molar-refractivity contribution >= 4 is 12.0 Å². The number of rotatable bonds is 8. The summed E-state index contributed by atoms with van der Waals surface area (Å²) >= 11 is 0. The monoisotopic (exact) mass is 414 g/mol. The maximum atomic E-state index is 12.4. The molecule has 2 rings (SSSR count). The van der Waals surface area contributed by atoms with Gasteiger partial charge in [0.2, 0.25) is 5.91 Å². The Kier molecular flexibility index (Phi) is 8.76. The Labute approximate surface area is 167 Å². The highest BCUT2D eigenvalue weighted by molar-refractivity contribution is 5.86. The molecule has 1 aromatic carbocycles. The van der Waals surface area contributed by atoms with Gasteiger partial charge in [0, 0.05) is 7.11 Å². The zero-order valence-electron chi connectivity index (χ0n) is 15.8. The van der Waals surface area contributed by atoms with Crippen LogP contribution >= 0.6 is 0 Å². The smallest absolute Gasteiger partial charge is 0.408 e. The highest BCUT2D eigenvalue weighted by Crippen LogP contribution is 2.21. The predicted octanol–water partition coefficient (Wildman–Crippen LogP) is -2.16. The number of aliphatic hydroxyl groups is 4. The van der Waals surface area contributed by atoms with E-state index in [0.717, 1.165) is 5.56 Å². The minimum atomic E-state index is -1.51. The second-order valence-corrected chi connectivity index (χ2v) is 6.42. The van der Waals surface area contributed by atoms with Crippen molar-refractivity contribution in [3.63, 3.8) is 0 Å². The van der Waals surface area contributed by atoms with Gasteiger partial charge in [0.1, 0.15) is 37.0 Å². The molecule has 1 fully saturated rings. The summed E-state index contributed by atoms with van der Waals surface area (Å²) in [6.45, 7) is -1.33. The normalized spacial score (nSPS) is 27.7. The van der Waals surface area contributed by atoms with E-state index in [1.54, 1.807) is 24.3 Å². The maximum absolute atomic E-state index is 12.4. The van der Waals surface area contributed by atoms with Crippen molar-refractivity contribution in [2.75, 3.05) is 20.3 Å². The predicted molar refractivity (Wildman–Crippen MR) is 97.3 cm³/mol. The van der Waals surface area contributed by atoms with E-state index in [-0.39, 0.29) is 6.61 Å². The average molecular weight is 414 g/mol. The number of alkyl carbamates (subject to hydrolysis) is 1. The fraction of sp³-hybridized carbons (Fsp3) is 0.556. The molecular weight excluding hydrogens is 388 g/mol. The van der Waals surface area contributed by atoms with Gasteiger partial charge in [-0.2, -0.15) is 0 Å². The number of ether oxygens (including phenoxy) is 3. The average Bonchev–Trinajstić information content (AvgIpc) is 2.74. The molecule has 0 unspecified atom stereocenters. The van der Waals surface area contributed by atoms with Crippen molar-refractivity contribution in [1.82, 2.24) is 10.6 Å². The molecule has 0 bridgehead atoms. The van der Waals surface area contributed by atoms with Gasteiger partial charge in [0.05, 0.1) is 13.2 Å². The number of hydrogen-bond acceptors (Lipinski definition) is 9. The Morgan fingerprint density at radius 1 is 1.17 bits per heavy atom. The van der Waals surface area contributed by atoms with Gasteiger partial charge >= 0.3 is 6.09 Å². The van der Waals surface area contributed by atoms with E-state index in [4.69, 9.17) is 14.2 Å². The summed E-state index contributed by atoms with van der Waals surface area (Å²) < 4.78 is 15.3. The topological polar surface area (TPSA) is 167 Å². The largest absolute Gasteiger partial charge is 0.445 e. The van der Waals surface area contributed by atoms with Crippen LogP contribution < -0.4 is 10.6 Å². The number of carbonyl (C=O) groups is 2. The van der Waals surface area contributed by atoms with E-state index in [0.29, 0.717) is 0 Å². The van der Waals surface area contributed by atoms with Crippen LogP contribution in [0.2, 0.25) is 0 Å². The minimum Gasteiger partial charge on any atom is -0.445 e. The zero-order valence-corrected chi connectivity index (χ0v) is 15.8. The molecule has 6 atom stereocenters. The Bertz CT molecular complexity index is 658. The van der Waals surface area contributed by atoms with Crippen LogP contribution in [-0.2, 0) is 25.6 Å². The molecule has 162 valence electrons. The first-order valence-corrected chi connectivity index (χ1v) is 8.95. The molecule has 1 aliphatic heterocycles. The van der Waals surface area contributed by atoms with E-state index in [2.05, 4.69) is 10.6 Å². The van der Waals surface area contributed by atoms with Gasteiger partial charge in [0.15, 0.2) is 6.29 Å². The standard InChI is InChI=1S/C18H26N2O9/c1-27-17-13(15(24)14(23)12(8-22)29-17)20-16(25)11(7-21)19-18(26)28-9-10-5-3-2-4-6-10/h2-6,11-15,17,21-24H,7-9H2,1H3,(H,19,26)(H,20,25)/t11-,12+,13+,14+,15+,17-/m0/s1. The minimum absolute atomic E-state index is 0.0257. The lowest BCUT2D eigenvalue weighted by Crippen LogP contribution is -2.66. The van der Waals surface area contributed by atoms with Crippen molar-refractivity contribution in [1.29, 1.82) is 0 Å². The van der Waals surface area contributed by atoms with Crippen molar-refractivity contribution in [3.05, 3.63) is 35.9 Å². The van der Waals surface area contributed by atoms with Crippen molar-refractivity contribution < 1.29 is 44.2 Å². The lowest BCUT2D eigenvalue weighted by atomic mass is 9.96. The van der Waals surface area contributed by atoms with E-state index < -0.39 is 61.9 Å². The van der Waals surface area contributed by atoms with Crippen LogP contribution in [0.4, 0.5) is 4.79 Å². The summed E-state index contributed by atoms with van der Waals surface area (Å²) in [5.74, 6) is -0.853. The van der Waals surface area contributed by atoms with Gasteiger partial charge in [0.25, 0.3) is 0 Å². The van der Waals surface area contributed by atoms with Crippen molar-refractivity contribution in [2.24, 2.45) is 0 Å². The van der Waals surface area contributed by atoms with Crippen LogP contribution in [0.25, 0.3) is 0 Å². The summed E-state index contributed by atoms with van der Waals surface area (Å²) in [6, 6.07) is 6.29. The van der Waals surface area contributed by atoms with Crippen LogP contribution in [0.3, 0.4) is 0 Å². The first-order valence-electron chi connectivity index (χ1n) is 8.95. The third-order valence-electron chi connectivity index (χ3n) is 4.43.